The molecule has 232 valence electrons. The van der Waals surface area contributed by atoms with Crippen LogP contribution in [0, 0.1) is 52.3 Å². The maximum Gasteiger partial charge on any atom is 0.306 e. The lowest BCUT2D eigenvalue weighted by Gasteiger charge is -2.58. The van der Waals surface area contributed by atoms with Gasteiger partial charge in [0.2, 0.25) is 0 Å². The summed E-state index contributed by atoms with van der Waals surface area (Å²) in [6.45, 7) is 17.3. The SMILES string of the molecule is CC/C=C\C/C=C\CCC(=O)OC1CCC2(C)C(=CCC3C2CCC2(C)C(C(C)CCC(CC)C(C)C)CCC32)C1. The van der Waals surface area contributed by atoms with Crippen LogP contribution in [0.25, 0.3) is 0 Å². The van der Waals surface area contributed by atoms with Gasteiger partial charge in [0, 0.05) is 12.8 Å². The van der Waals surface area contributed by atoms with Crippen molar-refractivity contribution in [3.05, 3.63) is 36.0 Å². The molecule has 0 amide bonds. The molecule has 4 aliphatic carbocycles. The minimum Gasteiger partial charge on any atom is -0.462 e. The van der Waals surface area contributed by atoms with Crippen molar-refractivity contribution in [1.82, 2.24) is 0 Å². The van der Waals surface area contributed by atoms with Gasteiger partial charge in [0.05, 0.1) is 0 Å². The molecule has 0 heterocycles. The molecule has 0 radical (unpaired) electrons. The highest BCUT2D eigenvalue weighted by molar-refractivity contribution is 5.69. The predicted molar refractivity (Wildman–Crippen MR) is 175 cm³/mol. The first-order valence-corrected chi connectivity index (χ1v) is 17.8. The second-order valence-corrected chi connectivity index (χ2v) is 15.4. The van der Waals surface area contributed by atoms with E-state index < -0.39 is 0 Å². The summed E-state index contributed by atoms with van der Waals surface area (Å²) in [4.78, 5) is 12.6. The van der Waals surface area contributed by atoms with Crippen molar-refractivity contribution < 1.29 is 9.53 Å². The van der Waals surface area contributed by atoms with Crippen LogP contribution >= 0.6 is 0 Å². The quantitative estimate of drug-likeness (QED) is 0.164. The molecule has 9 atom stereocenters. The Morgan fingerprint density at radius 3 is 2.49 bits per heavy atom. The molecule has 0 aliphatic heterocycles. The molecular formula is C39H64O2. The maximum absolute atomic E-state index is 12.6. The summed E-state index contributed by atoms with van der Waals surface area (Å²) in [7, 11) is 0. The number of carbonyl (C=O) groups is 1. The molecule has 0 spiro atoms. The van der Waals surface area contributed by atoms with Gasteiger partial charge in [-0.3, -0.25) is 4.79 Å². The van der Waals surface area contributed by atoms with E-state index in [0.717, 1.165) is 73.5 Å². The Hall–Kier alpha value is -1.31. The number of hydrogen-bond acceptors (Lipinski definition) is 2. The molecular weight excluding hydrogens is 500 g/mol. The summed E-state index contributed by atoms with van der Waals surface area (Å²) >= 11 is 0. The number of allylic oxidation sites excluding steroid dienone is 5. The van der Waals surface area contributed by atoms with Gasteiger partial charge in [-0.05, 0) is 123 Å². The molecule has 4 rings (SSSR count). The lowest BCUT2D eigenvalue weighted by Crippen LogP contribution is -2.51. The molecule has 0 aromatic carbocycles. The van der Waals surface area contributed by atoms with Gasteiger partial charge in [-0.1, -0.05) is 97.3 Å². The van der Waals surface area contributed by atoms with Crippen molar-refractivity contribution in [3.8, 4) is 0 Å². The van der Waals surface area contributed by atoms with E-state index in [4.69, 9.17) is 4.74 Å². The number of fused-ring (bicyclic) bond motifs is 5. The number of hydrogen-bond donors (Lipinski definition) is 0. The highest BCUT2D eigenvalue weighted by Crippen LogP contribution is 2.67. The van der Waals surface area contributed by atoms with Crippen molar-refractivity contribution in [3.63, 3.8) is 0 Å². The van der Waals surface area contributed by atoms with Gasteiger partial charge in [-0.15, -0.1) is 0 Å². The third-order valence-electron chi connectivity index (χ3n) is 12.9. The minimum absolute atomic E-state index is 0.0140. The molecule has 4 aliphatic rings. The summed E-state index contributed by atoms with van der Waals surface area (Å²) in [5.41, 5.74) is 2.48. The zero-order valence-corrected chi connectivity index (χ0v) is 27.9. The van der Waals surface area contributed by atoms with E-state index in [9.17, 15) is 4.79 Å². The molecule has 0 aromatic rings. The van der Waals surface area contributed by atoms with E-state index in [-0.39, 0.29) is 12.1 Å². The first kappa shape index (κ1) is 32.6. The van der Waals surface area contributed by atoms with Crippen LogP contribution in [0.1, 0.15) is 145 Å². The van der Waals surface area contributed by atoms with Crippen LogP contribution in [0.4, 0.5) is 0 Å². The maximum atomic E-state index is 12.6. The van der Waals surface area contributed by atoms with Gasteiger partial charge in [0.25, 0.3) is 0 Å². The third kappa shape index (κ3) is 7.26. The summed E-state index contributed by atoms with van der Waals surface area (Å²) in [5, 5.41) is 0. The highest BCUT2D eigenvalue weighted by atomic mass is 16.5. The molecule has 41 heavy (non-hydrogen) atoms. The van der Waals surface area contributed by atoms with Crippen molar-refractivity contribution >= 4 is 5.97 Å². The lowest BCUT2D eigenvalue weighted by molar-refractivity contribution is -0.151. The fourth-order valence-corrected chi connectivity index (χ4v) is 10.4. The van der Waals surface area contributed by atoms with Gasteiger partial charge in [-0.25, -0.2) is 0 Å². The average Bonchev–Trinajstić information content (AvgIpc) is 3.30. The number of ether oxygens (including phenoxy) is 1. The summed E-state index contributed by atoms with van der Waals surface area (Å²) in [6.07, 6.45) is 29.1. The van der Waals surface area contributed by atoms with E-state index in [1.54, 1.807) is 5.57 Å². The van der Waals surface area contributed by atoms with Crippen LogP contribution in [0.3, 0.4) is 0 Å². The Bertz CT molecular complexity index is 941. The summed E-state index contributed by atoms with van der Waals surface area (Å²) in [6, 6.07) is 0. The topological polar surface area (TPSA) is 26.3 Å². The van der Waals surface area contributed by atoms with E-state index in [1.165, 1.54) is 57.8 Å². The Kier molecular flexibility index (Phi) is 11.5. The van der Waals surface area contributed by atoms with Crippen LogP contribution in [-0.4, -0.2) is 12.1 Å². The van der Waals surface area contributed by atoms with E-state index in [0.29, 0.717) is 17.3 Å². The average molecular weight is 565 g/mol. The predicted octanol–water partition coefficient (Wildman–Crippen LogP) is 11.3. The Balaban J connectivity index is 1.32. The molecule has 3 saturated carbocycles. The first-order chi connectivity index (χ1) is 19.6. The zero-order valence-electron chi connectivity index (χ0n) is 27.9. The Labute approximate surface area is 254 Å². The van der Waals surface area contributed by atoms with Crippen molar-refractivity contribution in [2.24, 2.45) is 52.3 Å². The second-order valence-electron chi connectivity index (χ2n) is 15.4. The smallest absolute Gasteiger partial charge is 0.306 e. The molecule has 0 bridgehead atoms. The van der Waals surface area contributed by atoms with Crippen molar-refractivity contribution in [1.29, 1.82) is 0 Å². The number of carbonyl (C=O) groups excluding carboxylic acids is 1. The van der Waals surface area contributed by atoms with Crippen LogP contribution in [0.5, 0.6) is 0 Å². The first-order valence-electron chi connectivity index (χ1n) is 17.8. The Morgan fingerprint density at radius 1 is 0.976 bits per heavy atom. The largest absolute Gasteiger partial charge is 0.462 e. The van der Waals surface area contributed by atoms with Gasteiger partial charge in [0.1, 0.15) is 6.10 Å². The molecule has 2 heteroatoms. The number of rotatable bonds is 13. The monoisotopic (exact) mass is 564 g/mol. The Morgan fingerprint density at radius 2 is 1.76 bits per heavy atom. The normalized spacial score (nSPS) is 36.6. The highest BCUT2D eigenvalue weighted by Gasteiger charge is 2.59. The van der Waals surface area contributed by atoms with Crippen LogP contribution in [-0.2, 0) is 9.53 Å². The van der Waals surface area contributed by atoms with Gasteiger partial charge < -0.3 is 4.74 Å². The molecule has 0 aromatic heterocycles. The molecule has 0 saturated heterocycles. The van der Waals surface area contributed by atoms with Crippen molar-refractivity contribution in [2.45, 2.75) is 151 Å². The molecule has 2 nitrogen and oxygen atoms in total. The van der Waals surface area contributed by atoms with Crippen LogP contribution in [0.15, 0.2) is 36.0 Å². The fourth-order valence-electron chi connectivity index (χ4n) is 10.4. The summed E-state index contributed by atoms with van der Waals surface area (Å²) in [5.74, 6) is 6.05. The summed E-state index contributed by atoms with van der Waals surface area (Å²) < 4.78 is 6.03. The number of esters is 1. The zero-order chi connectivity index (χ0) is 29.6. The van der Waals surface area contributed by atoms with E-state index in [2.05, 4.69) is 78.8 Å². The second kappa shape index (κ2) is 14.4. The van der Waals surface area contributed by atoms with Gasteiger partial charge in [0.15, 0.2) is 0 Å². The molecule has 9 unspecified atom stereocenters. The lowest BCUT2D eigenvalue weighted by atomic mass is 9.47. The molecule has 0 N–H and O–H groups in total. The van der Waals surface area contributed by atoms with Crippen molar-refractivity contribution in [2.75, 3.05) is 0 Å². The third-order valence-corrected chi connectivity index (χ3v) is 12.9. The minimum atomic E-state index is -0.0140. The fraction of sp³-hybridized carbons (Fsp3) is 0.821. The van der Waals surface area contributed by atoms with E-state index >= 15 is 0 Å². The van der Waals surface area contributed by atoms with Gasteiger partial charge >= 0.3 is 5.97 Å². The van der Waals surface area contributed by atoms with Crippen LogP contribution < -0.4 is 0 Å². The van der Waals surface area contributed by atoms with Gasteiger partial charge in [-0.2, -0.15) is 0 Å². The van der Waals surface area contributed by atoms with Crippen LogP contribution in [0.2, 0.25) is 0 Å². The standard InChI is InChI=1S/C39H64O2/c1-8-10-11-12-13-14-15-16-37(40)41-32-23-25-38(6)31(27-32)19-20-33-35-22-21-34(39(35,7)26-24-36(33)38)29(5)17-18-30(9-2)28(3)4/h10-11,13-14,19,28-30,32-36H,8-9,12,15-18,20-27H2,1-7H3/b11-10-,14-13-. The van der Waals surface area contributed by atoms with E-state index in [1.807, 2.05) is 0 Å². The molecule has 3 fully saturated rings.